The minimum atomic E-state index is -4.23. The Morgan fingerprint density at radius 1 is 1.09 bits per heavy atom. The van der Waals surface area contributed by atoms with E-state index < -0.39 is 61.3 Å². The Labute approximate surface area is 276 Å². The summed E-state index contributed by atoms with van der Waals surface area (Å²) in [6, 6.07) is -2.42. The van der Waals surface area contributed by atoms with E-state index in [0.29, 0.717) is 23.4 Å². The van der Waals surface area contributed by atoms with Gasteiger partial charge in [0.05, 0.1) is 38.6 Å². The van der Waals surface area contributed by atoms with Crippen LogP contribution in [0, 0.1) is 23.7 Å². The first kappa shape index (κ1) is 37.1. The Kier molecular flexibility index (Phi) is 11.7. The molecule has 0 bridgehead atoms. The van der Waals surface area contributed by atoms with Crippen LogP contribution in [0.25, 0.3) is 0 Å². The summed E-state index contributed by atoms with van der Waals surface area (Å²) in [7, 11) is -4.23. The van der Waals surface area contributed by atoms with Crippen LogP contribution in [0.1, 0.15) is 68.2 Å². The monoisotopic (exact) mass is 684 g/mol. The van der Waals surface area contributed by atoms with Crippen molar-refractivity contribution in [2.75, 3.05) is 47.8 Å². The zero-order valence-corrected chi connectivity index (χ0v) is 29.5. The van der Waals surface area contributed by atoms with Crippen molar-refractivity contribution in [3.05, 3.63) is 0 Å². The second-order valence-corrected chi connectivity index (χ2v) is 15.4. The van der Waals surface area contributed by atoms with Gasteiger partial charge in [-0.15, -0.1) is 0 Å². The first-order valence-corrected chi connectivity index (χ1v) is 18.1. The highest BCUT2D eigenvalue weighted by Gasteiger charge is 2.59. The van der Waals surface area contributed by atoms with Gasteiger partial charge < -0.3 is 45.5 Å². The van der Waals surface area contributed by atoms with E-state index in [0.717, 1.165) is 12.8 Å². The van der Waals surface area contributed by atoms with Gasteiger partial charge in [0.25, 0.3) is 0 Å². The van der Waals surface area contributed by atoms with Crippen LogP contribution in [-0.4, -0.2) is 94.5 Å². The van der Waals surface area contributed by atoms with Gasteiger partial charge in [0, 0.05) is 12.0 Å². The van der Waals surface area contributed by atoms with Crippen molar-refractivity contribution < 1.29 is 38.4 Å². The largest absolute Gasteiger partial charge is 0.465 e. The SMILES string of the molecule is CCOC(=O)C(NP(=O)(N[C@H](C(=O)OCC)C(C)C)OCC1C(C)C(N2CNc3c(NC4CC4)nc(N)nc32)[C@@](C)(O)C1O)C(C)C. The number of hydrogen-bond acceptors (Lipinski definition) is 14. The fourth-order valence-corrected chi connectivity index (χ4v) is 8.56. The highest BCUT2D eigenvalue weighted by molar-refractivity contribution is 7.54. The third-order valence-corrected chi connectivity index (χ3v) is 10.9. The Bertz CT molecular complexity index is 1290. The van der Waals surface area contributed by atoms with Crippen molar-refractivity contribution >= 4 is 42.9 Å². The molecule has 2 fully saturated rings. The molecule has 47 heavy (non-hydrogen) atoms. The normalized spacial score (nSPS) is 28.0. The Hall–Kier alpha value is -2.75. The Morgan fingerprint density at radius 3 is 2.13 bits per heavy atom. The zero-order chi connectivity index (χ0) is 34.8. The number of nitrogens with zero attached hydrogens (tertiary/aromatic N) is 3. The van der Waals surface area contributed by atoms with Crippen LogP contribution in [-0.2, 0) is 28.2 Å². The van der Waals surface area contributed by atoms with E-state index in [1.807, 2.05) is 11.8 Å². The van der Waals surface area contributed by atoms with Crippen molar-refractivity contribution in [1.29, 1.82) is 0 Å². The number of esters is 2. The van der Waals surface area contributed by atoms with Gasteiger partial charge in [-0.3, -0.25) is 14.2 Å². The van der Waals surface area contributed by atoms with E-state index in [2.05, 4.69) is 30.8 Å². The second kappa shape index (κ2) is 14.8. The average Bonchev–Trinajstić information content (AvgIpc) is 3.68. The van der Waals surface area contributed by atoms with Crippen LogP contribution < -0.4 is 31.4 Å². The molecule has 2 aliphatic carbocycles. The maximum atomic E-state index is 14.6. The zero-order valence-electron chi connectivity index (χ0n) is 28.6. The number of nitrogens with two attached hydrogens (primary N) is 1. The van der Waals surface area contributed by atoms with Crippen molar-refractivity contribution in [2.24, 2.45) is 23.7 Å². The maximum absolute atomic E-state index is 14.6. The molecule has 3 aliphatic rings. The number of fused-ring (bicyclic) bond motifs is 1. The minimum absolute atomic E-state index is 0.0759. The molecule has 1 aromatic heterocycles. The average molecular weight is 685 g/mol. The van der Waals surface area contributed by atoms with Crippen molar-refractivity contribution in [3.8, 4) is 0 Å². The minimum Gasteiger partial charge on any atom is -0.465 e. The van der Waals surface area contributed by atoms with Crippen LogP contribution in [0.15, 0.2) is 0 Å². The molecule has 0 radical (unpaired) electrons. The fourth-order valence-electron chi connectivity index (χ4n) is 6.42. The van der Waals surface area contributed by atoms with Gasteiger partial charge in [0.1, 0.15) is 23.4 Å². The quantitative estimate of drug-likeness (QED) is 0.0978. The number of nitrogens with one attached hydrogen (secondary N) is 4. The van der Waals surface area contributed by atoms with E-state index in [1.54, 1.807) is 48.5 Å². The van der Waals surface area contributed by atoms with Gasteiger partial charge in [0.15, 0.2) is 11.6 Å². The molecule has 1 aromatic rings. The van der Waals surface area contributed by atoms with E-state index in [1.165, 1.54) is 0 Å². The topological polar surface area (TPSA) is 223 Å². The first-order chi connectivity index (χ1) is 22.0. The smallest absolute Gasteiger partial charge is 0.342 e. The third-order valence-electron chi connectivity index (χ3n) is 9.12. The maximum Gasteiger partial charge on any atom is 0.342 e. The van der Waals surface area contributed by atoms with Gasteiger partial charge >= 0.3 is 19.6 Å². The van der Waals surface area contributed by atoms with Crippen LogP contribution in [0.2, 0.25) is 0 Å². The van der Waals surface area contributed by atoms with Crippen LogP contribution in [0.3, 0.4) is 0 Å². The van der Waals surface area contributed by atoms with E-state index in [-0.39, 0.29) is 44.3 Å². The third kappa shape index (κ3) is 8.11. The summed E-state index contributed by atoms with van der Waals surface area (Å²) in [6.07, 6.45) is 0.765. The lowest BCUT2D eigenvalue weighted by Gasteiger charge is -2.37. The summed E-state index contributed by atoms with van der Waals surface area (Å²) in [5.41, 5.74) is 5.10. The molecule has 8 atom stereocenters. The molecule has 1 aliphatic heterocycles. The predicted molar refractivity (Wildman–Crippen MR) is 177 cm³/mol. The number of rotatable bonds is 16. The highest BCUT2D eigenvalue weighted by Crippen LogP contribution is 2.50. The number of ether oxygens (including phenoxy) is 2. The number of aliphatic hydroxyl groups is 2. The molecule has 0 aromatic carbocycles. The van der Waals surface area contributed by atoms with Crippen molar-refractivity contribution in [1.82, 2.24) is 20.1 Å². The van der Waals surface area contributed by atoms with Crippen LogP contribution in [0.5, 0.6) is 0 Å². The lowest BCUT2D eigenvalue weighted by atomic mass is 9.93. The summed E-state index contributed by atoms with van der Waals surface area (Å²) in [5.74, 6) is -1.94. The van der Waals surface area contributed by atoms with Gasteiger partial charge in [-0.2, -0.15) is 9.97 Å². The van der Waals surface area contributed by atoms with Crippen LogP contribution in [0.4, 0.5) is 23.3 Å². The molecular formula is C30H53N8O8P. The summed E-state index contributed by atoms with van der Waals surface area (Å²) >= 11 is 0. The molecular weight excluding hydrogens is 631 g/mol. The molecule has 4 rings (SSSR count). The Balaban J connectivity index is 1.61. The van der Waals surface area contributed by atoms with Crippen molar-refractivity contribution in [2.45, 2.75) is 104 Å². The molecule has 2 saturated carbocycles. The molecule has 17 heteroatoms. The molecule has 0 spiro atoms. The number of nitrogen functional groups attached to an aromatic ring is 1. The van der Waals surface area contributed by atoms with Gasteiger partial charge in [0.2, 0.25) is 5.95 Å². The number of aliphatic hydroxyl groups excluding tert-OH is 1. The molecule has 8 N–H and O–H groups in total. The molecule has 0 amide bonds. The summed E-state index contributed by atoms with van der Waals surface area (Å²) in [5, 5.41) is 35.6. The molecule has 266 valence electrons. The number of anilines is 4. The molecule has 6 unspecified atom stereocenters. The van der Waals surface area contributed by atoms with Gasteiger partial charge in [-0.25, -0.2) is 10.2 Å². The molecule has 16 nitrogen and oxygen atoms in total. The predicted octanol–water partition coefficient (Wildman–Crippen LogP) is 2.05. The second-order valence-electron chi connectivity index (χ2n) is 13.5. The fraction of sp³-hybridized carbons (Fsp3) is 0.800. The standard InChI is InChI=1S/C30H53N8O8P/c1-9-44-27(40)20(15(3)4)36-47(43,37-21(16(5)6)28(41)45-10-2)46-13-19-17(7)23(30(8,42)24(19)39)38-14-32-22-25(33-18-11-12-18)34-29(31)35-26(22)38/h15-21,23-24,32,39,42H,9-14H2,1-8H3,(H2,36,37,43)(H3,31,33,34,35)/t17?,19?,20-,21?,23?,24?,30+,47?/m0/s1. The summed E-state index contributed by atoms with van der Waals surface area (Å²) < 4.78 is 31.1. The number of carbonyl (C=O) groups is 2. The lowest BCUT2D eigenvalue weighted by Crippen LogP contribution is -2.54. The van der Waals surface area contributed by atoms with Crippen molar-refractivity contribution in [3.63, 3.8) is 0 Å². The van der Waals surface area contributed by atoms with Crippen LogP contribution >= 0.6 is 7.67 Å². The number of hydrogen-bond donors (Lipinski definition) is 7. The van der Waals surface area contributed by atoms with Gasteiger partial charge in [-0.05, 0) is 51.4 Å². The number of carbonyl (C=O) groups excluding carboxylic acids is 2. The molecule has 0 saturated heterocycles. The van der Waals surface area contributed by atoms with Gasteiger partial charge in [-0.1, -0.05) is 34.6 Å². The lowest BCUT2D eigenvalue weighted by molar-refractivity contribution is -0.146. The Morgan fingerprint density at radius 2 is 1.64 bits per heavy atom. The molecule has 2 heterocycles. The summed E-state index contributed by atoms with van der Waals surface area (Å²) in [4.78, 5) is 36.5. The van der Waals surface area contributed by atoms with E-state index in [9.17, 15) is 24.4 Å². The van der Waals surface area contributed by atoms with E-state index in [4.69, 9.17) is 19.7 Å². The first-order valence-electron chi connectivity index (χ1n) is 16.5. The van der Waals surface area contributed by atoms with E-state index >= 15 is 0 Å². The summed E-state index contributed by atoms with van der Waals surface area (Å²) in [6.45, 7) is 14.0. The number of aromatic nitrogens is 2. The highest BCUT2D eigenvalue weighted by atomic mass is 31.2.